The quantitative estimate of drug-likeness (QED) is 0.285. The highest BCUT2D eigenvalue weighted by Crippen LogP contribution is 2.22. The van der Waals surface area contributed by atoms with Gasteiger partial charge in [0.15, 0.2) is 0 Å². The summed E-state index contributed by atoms with van der Waals surface area (Å²) in [6, 6.07) is 17.0. The zero-order chi connectivity index (χ0) is 20.4. The van der Waals surface area contributed by atoms with Crippen molar-refractivity contribution in [3.8, 4) is 16.9 Å². The van der Waals surface area contributed by atoms with Crippen molar-refractivity contribution in [3.63, 3.8) is 0 Å². The normalized spacial score (nSPS) is 10.0. The number of carbonyl (C=O) groups excluding carboxylic acids is 3. The lowest BCUT2D eigenvalue weighted by molar-refractivity contribution is -0.151. The first kappa shape index (κ1) is 20.9. The lowest BCUT2D eigenvalue weighted by Gasteiger charge is -2.07. The summed E-state index contributed by atoms with van der Waals surface area (Å²) in [7, 11) is 0. The van der Waals surface area contributed by atoms with Gasteiger partial charge in [0.1, 0.15) is 19.0 Å². The molecule has 0 fully saturated rings. The van der Waals surface area contributed by atoms with E-state index < -0.39 is 17.9 Å². The largest absolute Gasteiger partial charge is 0.462 e. The fourth-order valence-electron chi connectivity index (χ4n) is 2.22. The molecule has 146 valence electrons. The molecule has 0 radical (unpaired) electrons. The average molecular weight is 382 g/mol. The number of benzene rings is 2. The molecular formula is C22H22O6. The van der Waals surface area contributed by atoms with Gasteiger partial charge in [-0.15, -0.1) is 0 Å². The maximum Gasteiger partial charge on any atom is 0.333 e. The number of esters is 3. The molecule has 6 heteroatoms. The molecule has 0 aromatic heterocycles. The first-order chi connectivity index (χ1) is 13.5. The van der Waals surface area contributed by atoms with Gasteiger partial charge in [-0.1, -0.05) is 49.0 Å². The third-order valence-corrected chi connectivity index (χ3v) is 3.65. The number of rotatable bonds is 9. The van der Waals surface area contributed by atoms with Crippen molar-refractivity contribution >= 4 is 17.9 Å². The molecule has 0 aliphatic heterocycles. The van der Waals surface area contributed by atoms with Gasteiger partial charge in [-0.25, -0.2) is 4.79 Å². The highest BCUT2D eigenvalue weighted by Gasteiger charge is 2.11. The third-order valence-electron chi connectivity index (χ3n) is 3.65. The maximum atomic E-state index is 11.9. The van der Waals surface area contributed by atoms with E-state index in [0.29, 0.717) is 5.75 Å². The molecule has 0 N–H and O–H groups in total. The Labute approximate surface area is 163 Å². The molecule has 0 amide bonds. The van der Waals surface area contributed by atoms with Gasteiger partial charge in [0.2, 0.25) is 0 Å². The van der Waals surface area contributed by atoms with E-state index >= 15 is 0 Å². The smallest absolute Gasteiger partial charge is 0.333 e. The summed E-state index contributed by atoms with van der Waals surface area (Å²) in [6.07, 6.45) is -0.222. The molecule has 0 atom stereocenters. The molecule has 2 rings (SSSR count). The van der Waals surface area contributed by atoms with Crippen molar-refractivity contribution in [2.45, 2.75) is 19.8 Å². The molecule has 2 aromatic rings. The van der Waals surface area contributed by atoms with Crippen molar-refractivity contribution < 1.29 is 28.6 Å². The topological polar surface area (TPSA) is 78.9 Å². The van der Waals surface area contributed by atoms with Crippen LogP contribution in [-0.4, -0.2) is 31.1 Å². The molecule has 0 aliphatic carbocycles. The van der Waals surface area contributed by atoms with Gasteiger partial charge in [0.25, 0.3) is 0 Å². The minimum atomic E-state index is -0.567. The Morgan fingerprint density at radius 3 is 2.00 bits per heavy atom. The molecule has 28 heavy (non-hydrogen) atoms. The summed E-state index contributed by atoms with van der Waals surface area (Å²) in [5.41, 5.74) is 2.35. The van der Waals surface area contributed by atoms with Crippen LogP contribution in [0.2, 0.25) is 0 Å². The molecule has 0 spiro atoms. The van der Waals surface area contributed by atoms with Crippen LogP contribution in [0.1, 0.15) is 19.8 Å². The molecule has 0 aliphatic rings. The second-order valence-electron chi connectivity index (χ2n) is 6.00. The van der Waals surface area contributed by atoms with Crippen molar-refractivity contribution in [1.29, 1.82) is 0 Å². The van der Waals surface area contributed by atoms with E-state index in [1.54, 1.807) is 12.1 Å². The number of hydrogen-bond acceptors (Lipinski definition) is 6. The highest BCUT2D eigenvalue weighted by atomic mass is 16.6. The number of hydrogen-bond donors (Lipinski definition) is 0. The molecule has 0 saturated heterocycles. The van der Waals surface area contributed by atoms with Gasteiger partial charge in [-0.2, -0.15) is 0 Å². The Hall–Kier alpha value is -3.41. The number of carbonyl (C=O) groups is 3. The second-order valence-corrected chi connectivity index (χ2v) is 6.00. The predicted molar refractivity (Wildman–Crippen MR) is 103 cm³/mol. The zero-order valence-corrected chi connectivity index (χ0v) is 15.7. The minimum Gasteiger partial charge on any atom is -0.462 e. The van der Waals surface area contributed by atoms with Gasteiger partial charge >= 0.3 is 17.9 Å². The molecule has 2 aromatic carbocycles. The summed E-state index contributed by atoms with van der Waals surface area (Å²) in [6.45, 7) is 4.83. The Morgan fingerprint density at radius 1 is 0.786 bits per heavy atom. The summed E-state index contributed by atoms with van der Waals surface area (Å²) < 4.78 is 14.9. The van der Waals surface area contributed by atoms with Gasteiger partial charge in [0, 0.05) is 5.57 Å². The molecule has 0 bridgehead atoms. The molecule has 6 nitrogen and oxygen atoms in total. The first-order valence-electron chi connectivity index (χ1n) is 8.80. The minimum absolute atomic E-state index is 0.0599. The van der Waals surface area contributed by atoms with Crippen molar-refractivity contribution in [3.05, 3.63) is 66.7 Å². The van der Waals surface area contributed by atoms with Crippen LogP contribution < -0.4 is 4.74 Å². The molecule has 0 heterocycles. The third kappa shape index (κ3) is 7.07. The number of ether oxygens (including phenoxy) is 3. The Kier molecular flexibility index (Phi) is 7.96. The summed E-state index contributed by atoms with van der Waals surface area (Å²) >= 11 is 0. The van der Waals surface area contributed by atoms with Crippen LogP contribution in [0.3, 0.4) is 0 Å². The van der Waals surface area contributed by atoms with Crippen molar-refractivity contribution in [2.24, 2.45) is 0 Å². The first-order valence-corrected chi connectivity index (χ1v) is 8.80. The Morgan fingerprint density at radius 2 is 1.36 bits per heavy atom. The van der Waals surface area contributed by atoms with Gasteiger partial charge in [-0.3, -0.25) is 9.59 Å². The average Bonchev–Trinajstić information content (AvgIpc) is 2.70. The molecule has 0 unspecified atom stereocenters. The molecular weight excluding hydrogens is 360 g/mol. The van der Waals surface area contributed by atoms with Crippen LogP contribution >= 0.6 is 0 Å². The zero-order valence-electron chi connectivity index (χ0n) is 15.7. The Bertz CT molecular complexity index is 824. The lowest BCUT2D eigenvalue weighted by Crippen LogP contribution is -2.16. The van der Waals surface area contributed by atoms with Crippen LogP contribution in [-0.2, 0) is 23.9 Å². The van der Waals surface area contributed by atoms with Crippen molar-refractivity contribution in [2.75, 3.05) is 13.2 Å². The summed E-state index contributed by atoms with van der Waals surface area (Å²) in [5.74, 6) is -1.23. The SMILES string of the molecule is C=C(C)C(=O)OCCOC(=O)CCC(=O)Oc1ccc(-c2ccccc2)cc1. The fourth-order valence-corrected chi connectivity index (χ4v) is 2.22. The van der Waals surface area contributed by atoms with E-state index in [0.717, 1.165) is 11.1 Å². The van der Waals surface area contributed by atoms with E-state index in [4.69, 9.17) is 14.2 Å². The van der Waals surface area contributed by atoms with Crippen LogP contribution in [0.4, 0.5) is 0 Å². The van der Waals surface area contributed by atoms with Crippen LogP contribution in [0.5, 0.6) is 5.75 Å². The van der Waals surface area contributed by atoms with Gasteiger partial charge < -0.3 is 14.2 Å². The van der Waals surface area contributed by atoms with Gasteiger partial charge in [0.05, 0.1) is 12.8 Å². The summed E-state index contributed by atoms with van der Waals surface area (Å²) in [5, 5.41) is 0. The Balaban J connectivity index is 1.68. The fraction of sp³-hybridized carbons (Fsp3) is 0.227. The lowest BCUT2D eigenvalue weighted by atomic mass is 10.1. The monoisotopic (exact) mass is 382 g/mol. The van der Waals surface area contributed by atoms with E-state index in [-0.39, 0.29) is 31.6 Å². The van der Waals surface area contributed by atoms with E-state index in [1.807, 2.05) is 42.5 Å². The van der Waals surface area contributed by atoms with Crippen molar-refractivity contribution in [1.82, 2.24) is 0 Å². The van der Waals surface area contributed by atoms with E-state index in [2.05, 4.69) is 6.58 Å². The molecule has 0 saturated carbocycles. The van der Waals surface area contributed by atoms with E-state index in [1.165, 1.54) is 6.92 Å². The van der Waals surface area contributed by atoms with Crippen LogP contribution in [0.25, 0.3) is 11.1 Å². The second kappa shape index (κ2) is 10.7. The maximum absolute atomic E-state index is 11.9. The predicted octanol–water partition coefficient (Wildman–Crippen LogP) is 3.70. The highest BCUT2D eigenvalue weighted by molar-refractivity contribution is 5.86. The van der Waals surface area contributed by atoms with Gasteiger partial charge in [-0.05, 0) is 30.2 Å². The van der Waals surface area contributed by atoms with E-state index in [9.17, 15) is 14.4 Å². The standard InChI is InChI=1S/C22H22O6/c1-16(2)22(25)27-15-14-26-20(23)12-13-21(24)28-19-10-8-18(9-11-19)17-6-4-3-5-7-17/h3-11H,1,12-15H2,2H3. The van der Waals surface area contributed by atoms with Crippen LogP contribution in [0, 0.1) is 0 Å². The summed E-state index contributed by atoms with van der Waals surface area (Å²) in [4.78, 5) is 34.6. The van der Waals surface area contributed by atoms with Crippen LogP contribution in [0.15, 0.2) is 66.7 Å².